The van der Waals surface area contributed by atoms with Crippen LogP contribution in [0.25, 0.3) is 0 Å². The second kappa shape index (κ2) is 4.94. The van der Waals surface area contributed by atoms with Crippen molar-refractivity contribution in [1.82, 2.24) is 4.98 Å². The van der Waals surface area contributed by atoms with Crippen LogP contribution in [-0.4, -0.2) is 4.98 Å². The molecule has 1 unspecified atom stereocenters. The molecule has 17 heavy (non-hydrogen) atoms. The first-order chi connectivity index (χ1) is 8.08. The first-order valence-corrected chi connectivity index (χ1v) is 5.99. The predicted octanol–water partition coefficient (Wildman–Crippen LogP) is 3.34. The third-order valence-corrected chi connectivity index (χ3v) is 3.07. The summed E-state index contributed by atoms with van der Waals surface area (Å²) in [5, 5.41) is 0. The van der Waals surface area contributed by atoms with Crippen molar-refractivity contribution in [2.45, 2.75) is 13.0 Å². The maximum absolute atomic E-state index is 13.5. The highest BCUT2D eigenvalue weighted by Gasteiger charge is 2.11. The van der Waals surface area contributed by atoms with Crippen molar-refractivity contribution in [2.75, 3.05) is 0 Å². The van der Waals surface area contributed by atoms with Crippen molar-refractivity contribution >= 4 is 15.9 Å². The van der Waals surface area contributed by atoms with E-state index in [1.54, 1.807) is 25.4 Å². The standard InChI is InChI=1S/C13H12BrFN2/c1-8-2-3-9(5-12(8)15)13(16)10-4-11(14)7-17-6-10/h2-7,13H,16H2,1H3. The Morgan fingerprint density at radius 3 is 2.65 bits per heavy atom. The maximum atomic E-state index is 13.5. The summed E-state index contributed by atoms with van der Waals surface area (Å²) in [5.74, 6) is -0.235. The second-order valence-electron chi connectivity index (χ2n) is 3.92. The second-order valence-corrected chi connectivity index (χ2v) is 4.84. The zero-order valence-electron chi connectivity index (χ0n) is 9.32. The molecule has 0 aliphatic heterocycles. The lowest BCUT2D eigenvalue weighted by molar-refractivity contribution is 0.614. The molecule has 0 aliphatic carbocycles. The van der Waals surface area contributed by atoms with Crippen molar-refractivity contribution in [3.05, 3.63) is 63.6 Å². The maximum Gasteiger partial charge on any atom is 0.126 e. The first kappa shape index (κ1) is 12.2. The van der Waals surface area contributed by atoms with E-state index in [9.17, 15) is 4.39 Å². The molecule has 0 fully saturated rings. The molecule has 2 rings (SSSR count). The molecule has 0 saturated heterocycles. The van der Waals surface area contributed by atoms with Crippen LogP contribution in [0.2, 0.25) is 0 Å². The van der Waals surface area contributed by atoms with Crippen LogP contribution in [0.4, 0.5) is 4.39 Å². The molecule has 2 nitrogen and oxygen atoms in total. The predicted molar refractivity (Wildman–Crippen MR) is 69.1 cm³/mol. The van der Waals surface area contributed by atoms with Crippen LogP contribution in [0.1, 0.15) is 22.7 Å². The third-order valence-electron chi connectivity index (χ3n) is 2.64. The summed E-state index contributed by atoms with van der Waals surface area (Å²) in [5.41, 5.74) is 8.29. The van der Waals surface area contributed by atoms with E-state index in [1.165, 1.54) is 6.07 Å². The van der Waals surface area contributed by atoms with Gasteiger partial charge in [0.1, 0.15) is 5.82 Å². The Bertz CT molecular complexity index is 543. The van der Waals surface area contributed by atoms with Gasteiger partial charge in [-0.3, -0.25) is 4.98 Å². The van der Waals surface area contributed by atoms with Gasteiger partial charge in [0.05, 0.1) is 6.04 Å². The van der Waals surface area contributed by atoms with E-state index in [0.717, 1.165) is 15.6 Å². The zero-order chi connectivity index (χ0) is 12.4. The molecule has 0 radical (unpaired) electrons. The molecule has 2 N–H and O–H groups in total. The van der Waals surface area contributed by atoms with E-state index in [0.29, 0.717) is 5.56 Å². The van der Waals surface area contributed by atoms with Crippen LogP contribution in [0.3, 0.4) is 0 Å². The minimum atomic E-state index is -0.366. The molecule has 4 heteroatoms. The van der Waals surface area contributed by atoms with Gasteiger partial charge in [-0.15, -0.1) is 0 Å². The van der Waals surface area contributed by atoms with Gasteiger partial charge in [0.25, 0.3) is 0 Å². The van der Waals surface area contributed by atoms with E-state index in [-0.39, 0.29) is 11.9 Å². The Hall–Kier alpha value is -1.26. The lowest BCUT2D eigenvalue weighted by Crippen LogP contribution is -2.12. The molecule has 88 valence electrons. The number of benzene rings is 1. The highest BCUT2D eigenvalue weighted by molar-refractivity contribution is 9.10. The minimum absolute atomic E-state index is 0.235. The smallest absolute Gasteiger partial charge is 0.126 e. The van der Waals surface area contributed by atoms with Crippen molar-refractivity contribution in [3.63, 3.8) is 0 Å². The number of aromatic nitrogens is 1. The van der Waals surface area contributed by atoms with E-state index in [1.807, 2.05) is 12.1 Å². The van der Waals surface area contributed by atoms with Gasteiger partial charge in [-0.05, 0) is 51.7 Å². The molecule has 0 spiro atoms. The number of hydrogen-bond acceptors (Lipinski definition) is 2. The number of halogens is 2. The van der Waals surface area contributed by atoms with Crippen molar-refractivity contribution in [3.8, 4) is 0 Å². The summed E-state index contributed by atoms with van der Waals surface area (Å²) in [4.78, 5) is 4.05. The first-order valence-electron chi connectivity index (χ1n) is 5.20. The van der Waals surface area contributed by atoms with E-state index >= 15 is 0 Å². The number of nitrogens with zero attached hydrogens (tertiary/aromatic N) is 1. The number of hydrogen-bond donors (Lipinski definition) is 1. The van der Waals surface area contributed by atoms with Gasteiger partial charge in [-0.1, -0.05) is 12.1 Å². The average Bonchev–Trinajstić information content (AvgIpc) is 2.32. The lowest BCUT2D eigenvalue weighted by Gasteiger charge is -2.13. The largest absolute Gasteiger partial charge is 0.320 e. The number of pyridine rings is 1. The fourth-order valence-electron chi connectivity index (χ4n) is 1.59. The van der Waals surface area contributed by atoms with Crippen molar-refractivity contribution in [1.29, 1.82) is 0 Å². The van der Waals surface area contributed by atoms with Gasteiger partial charge >= 0.3 is 0 Å². The number of nitrogens with two attached hydrogens (primary N) is 1. The molecule has 1 atom stereocenters. The third kappa shape index (κ3) is 2.70. The molecule has 1 aromatic heterocycles. The Morgan fingerprint density at radius 1 is 1.24 bits per heavy atom. The molecule has 1 aromatic carbocycles. The van der Waals surface area contributed by atoms with Gasteiger partial charge in [0.2, 0.25) is 0 Å². The van der Waals surface area contributed by atoms with Crippen LogP contribution in [0.15, 0.2) is 41.1 Å². The number of aryl methyl sites for hydroxylation is 1. The molecule has 0 bridgehead atoms. The average molecular weight is 295 g/mol. The molecule has 2 aromatic rings. The molecular weight excluding hydrogens is 283 g/mol. The molecule has 0 aliphatic rings. The summed E-state index contributed by atoms with van der Waals surface area (Å²) < 4.78 is 14.3. The summed E-state index contributed by atoms with van der Waals surface area (Å²) in [6.07, 6.45) is 3.37. The van der Waals surface area contributed by atoms with Gasteiger partial charge < -0.3 is 5.73 Å². The zero-order valence-corrected chi connectivity index (χ0v) is 10.9. The molecular formula is C13H12BrFN2. The van der Waals surface area contributed by atoms with Crippen molar-refractivity contribution < 1.29 is 4.39 Å². The SMILES string of the molecule is Cc1ccc(C(N)c2cncc(Br)c2)cc1F. The summed E-state index contributed by atoms with van der Waals surface area (Å²) in [7, 11) is 0. The van der Waals surface area contributed by atoms with Gasteiger partial charge in [0, 0.05) is 16.9 Å². The van der Waals surface area contributed by atoms with Crippen LogP contribution in [-0.2, 0) is 0 Å². The fourth-order valence-corrected chi connectivity index (χ4v) is 1.98. The molecule has 1 heterocycles. The quantitative estimate of drug-likeness (QED) is 0.923. The number of rotatable bonds is 2. The van der Waals surface area contributed by atoms with Crippen LogP contribution >= 0.6 is 15.9 Å². The van der Waals surface area contributed by atoms with Gasteiger partial charge in [0.15, 0.2) is 0 Å². The summed E-state index contributed by atoms with van der Waals surface area (Å²) in [6.45, 7) is 1.73. The van der Waals surface area contributed by atoms with E-state index < -0.39 is 0 Å². The van der Waals surface area contributed by atoms with Crippen LogP contribution in [0.5, 0.6) is 0 Å². The highest BCUT2D eigenvalue weighted by atomic mass is 79.9. The van der Waals surface area contributed by atoms with Gasteiger partial charge in [-0.25, -0.2) is 4.39 Å². The highest BCUT2D eigenvalue weighted by Crippen LogP contribution is 2.22. The Morgan fingerprint density at radius 2 is 2.00 bits per heavy atom. The van der Waals surface area contributed by atoms with Crippen LogP contribution < -0.4 is 5.73 Å². The molecule has 0 saturated carbocycles. The Balaban J connectivity index is 2.36. The summed E-state index contributed by atoms with van der Waals surface area (Å²) in [6, 6.07) is 6.56. The fraction of sp³-hybridized carbons (Fsp3) is 0.154. The molecule has 0 amide bonds. The lowest BCUT2D eigenvalue weighted by atomic mass is 10.00. The van der Waals surface area contributed by atoms with Crippen LogP contribution in [0, 0.1) is 12.7 Å². The van der Waals surface area contributed by atoms with E-state index in [4.69, 9.17) is 5.73 Å². The summed E-state index contributed by atoms with van der Waals surface area (Å²) >= 11 is 3.34. The van der Waals surface area contributed by atoms with E-state index in [2.05, 4.69) is 20.9 Å². The topological polar surface area (TPSA) is 38.9 Å². The minimum Gasteiger partial charge on any atom is -0.320 e. The van der Waals surface area contributed by atoms with Crippen molar-refractivity contribution in [2.24, 2.45) is 5.73 Å². The monoisotopic (exact) mass is 294 g/mol. The normalized spacial score (nSPS) is 12.5. The Kier molecular flexibility index (Phi) is 3.54. The Labute approximate surface area is 108 Å². The van der Waals surface area contributed by atoms with Gasteiger partial charge in [-0.2, -0.15) is 0 Å².